The first-order valence-corrected chi connectivity index (χ1v) is 4.11. The summed E-state index contributed by atoms with van der Waals surface area (Å²) in [7, 11) is 1.61. The molecule has 0 spiro atoms. The molecule has 4 nitrogen and oxygen atoms in total. The van der Waals surface area contributed by atoms with Crippen LogP contribution in [0.15, 0.2) is 17.1 Å². The number of hydrogen-bond donors (Lipinski definition) is 1. The number of alkyl halides is 1. The van der Waals surface area contributed by atoms with Gasteiger partial charge in [-0.25, -0.2) is 4.68 Å². The summed E-state index contributed by atoms with van der Waals surface area (Å²) < 4.78 is 1.27. The standard InChI is InChI=1S/C7H10ClN3O.ClH/c1-11-7(12)6(2-4-10-11)9-5-3-8;/h2,4,9H,3,5H2,1H3;1H. The van der Waals surface area contributed by atoms with Crippen molar-refractivity contribution in [2.24, 2.45) is 7.05 Å². The molecule has 0 unspecified atom stereocenters. The van der Waals surface area contributed by atoms with E-state index < -0.39 is 0 Å². The molecular formula is C7H11Cl2N3O. The van der Waals surface area contributed by atoms with Crippen molar-refractivity contribution in [1.29, 1.82) is 0 Å². The molecule has 0 fully saturated rings. The van der Waals surface area contributed by atoms with Gasteiger partial charge in [-0.2, -0.15) is 5.10 Å². The normalized spacial score (nSPS) is 9.08. The number of nitrogens with zero attached hydrogens (tertiary/aromatic N) is 2. The van der Waals surface area contributed by atoms with Gasteiger partial charge in [-0.3, -0.25) is 4.79 Å². The molecule has 1 aromatic rings. The van der Waals surface area contributed by atoms with Crippen molar-refractivity contribution in [2.45, 2.75) is 0 Å². The predicted molar refractivity (Wildman–Crippen MR) is 55.9 cm³/mol. The van der Waals surface area contributed by atoms with Gasteiger partial charge in [-0.1, -0.05) is 0 Å². The third kappa shape index (κ3) is 3.24. The molecule has 0 saturated heterocycles. The van der Waals surface area contributed by atoms with Crippen molar-refractivity contribution in [2.75, 3.05) is 17.7 Å². The van der Waals surface area contributed by atoms with E-state index in [-0.39, 0.29) is 18.0 Å². The van der Waals surface area contributed by atoms with E-state index in [9.17, 15) is 4.79 Å². The molecule has 0 amide bonds. The molecule has 0 aromatic carbocycles. The Kier molecular flexibility index (Phi) is 5.50. The summed E-state index contributed by atoms with van der Waals surface area (Å²) in [5.41, 5.74) is 0.399. The highest BCUT2D eigenvalue weighted by atomic mass is 35.5. The maximum Gasteiger partial charge on any atom is 0.289 e. The molecule has 1 N–H and O–H groups in total. The topological polar surface area (TPSA) is 46.9 Å². The number of hydrogen-bond acceptors (Lipinski definition) is 3. The Labute approximate surface area is 87.3 Å². The van der Waals surface area contributed by atoms with Gasteiger partial charge in [0.15, 0.2) is 0 Å². The molecule has 0 aliphatic carbocycles. The molecule has 0 saturated carbocycles. The van der Waals surface area contributed by atoms with Crippen LogP contribution in [0.5, 0.6) is 0 Å². The van der Waals surface area contributed by atoms with Crippen LogP contribution in [-0.2, 0) is 7.05 Å². The highest BCUT2D eigenvalue weighted by Crippen LogP contribution is 1.94. The van der Waals surface area contributed by atoms with Crippen LogP contribution in [0.1, 0.15) is 0 Å². The van der Waals surface area contributed by atoms with Crippen LogP contribution in [-0.4, -0.2) is 22.2 Å². The van der Waals surface area contributed by atoms with Gasteiger partial charge < -0.3 is 5.32 Å². The minimum absolute atomic E-state index is 0. The van der Waals surface area contributed by atoms with Gasteiger partial charge in [0, 0.05) is 25.7 Å². The maximum atomic E-state index is 11.3. The Bertz CT molecular complexity index is 313. The van der Waals surface area contributed by atoms with E-state index in [1.54, 1.807) is 19.3 Å². The second-order valence-electron chi connectivity index (χ2n) is 2.29. The fourth-order valence-corrected chi connectivity index (χ4v) is 0.917. The molecule has 0 bridgehead atoms. The van der Waals surface area contributed by atoms with Crippen LogP contribution in [0, 0.1) is 0 Å². The van der Waals surface area contributed by atoms with Gasteiger partial charge in [0.05, 0.1) is 0 Å². The molecule has 0 atom stereocenters. The Balaban J connectivity index is 0.00000144. The van der Waals surface area contributed by atoms with Crippen LogP contribution < -0.4 is 10.9 Å². The van der Waals surface area contributed by atoms with Gasteiger partial charge in [0.25, 0.3) is 5.56 Å². The molecule has 6 heteroatoms. The van der Waals surface area contributed by atoms with Gasteiger partial charge >= 0.3 is 0 Å². The summed E-state index contributed by atoms with van der Waals surface area (Å²) in [4.78, 5) is 11.3. The van der Waals surface area contributed by atoms with Crippen molar-refractivity contribution in [3.63, 3.8) is 0 Å². The second-order valence-corrected chi connectivity index (χ2v) is 2.67. The van der Waals surface area contributed by atoms with E-state index in [4.69, 9.17) is 11.6 Å². The van der Waals surface area contributed by atoms with Crippen LogP contribution in [0.2, 0.25) is 0 Å². The van der Waals surface area contributed by atoms with Crippen molar-refractivity contribution in [3.8, 4) is 0 Å². The fraction of sp³-hybridized carbons (Fsp3) is 0.429. The van der Waals surface area contributed by atoms with Gasteiger partial charge in [-0.15, -0.1) is 24.0 Å². The molecule has 74 valence electrons. The number of rotatable bonds is 3. The lowest BCUT2D eigenvalue weighted by Crippen LogP contribution is -2.23. The van der Waals surface area contributed by atoms with Crippen molar-refractivity contribution < 1.29 is 0 Å². The smallest absolute Gasteiger partial charge is 0.289 e. The highest BCUT2D eigenvalue weighted by molar-refractivity contribution is 6.18. The summed E-state index contributed by atoms with van der Waals surface area (Å²) in [6.07, 6.45) is 1.57. The predicted octanol–water partition coefficient (Wildman–Crippen LogP) is 0.853. The lowest BCUT2D eigenvalue weighted by atomic mass is 10.4. The summed E-state index contributed by atoms with van der Waals surface area (Å²) >= 11 is 5.46. The zero-order valence-corrected chi connectivity index (χ0v) is 8.73. The largest absolute Gasteiger partial charge is 0.379 e. The van der Waals surface area contributed by atoms with Gasteiger partial charge in [0.1, 0.15) is 5.69 Å². The molecule has 0 aliphatic heterocycles. The summed E-state index contributed by atoms with van der Waals surface area (Å²) in [6.45, 7) is 0.584. The average Bonchev–Trinajstić information content (AvgIpc) is 2.08. The first-order valence-electron chi connectivity index (χ1n) is 3.58. The van der Waals surface area contributed by atoms with E-state index in [0.29, 0.717) is 18.1 Å². The third-order valence-corrected chi connectivity index (χ3v) is 1.60. The number of halogens is 2. The average molecular weight is 224 g/mol. The highest BCUT2D eigenvalue weighted by Gasteiger charge is 1.98. The second kappa shape index (κ2) is 5.83. The van der Waals surface area contributed by atoms with E-state index >= 15 is 0 Å². The Morgan fingerprint density at radius 2 is 2.38 bits per heavy atom. The summed E-state index contributed by atoms with van der Waals surface area (Å²) in [5, 5.41) is 6.68. The molecule has 1 heterocycles. The number of anilines is 1. The minimum atomic E-state index is -0.136. The van der Waals surface area contributed by atoms with E-state index in [1.807, 2.05) is 0 Å². The monoisotopic (exact) mass is 223 g/mol. The van der Waals surface area contributed by atoms with Crippen LogP contribution >= 0.6 is 24.0 Å². The zero-order chi connectivity index (χ0) is 8.97. The summed E-state index contributed by atoms with van der Waals surface area (Å²) in [5.74, 6) is 0.478. The van der Waals surface area contributed by atoms with E-state index in [0.717, 1.165) is 0 Å². The van der Waals surface area contributed by atoms with Crippen molar-refractivity contribution >= 4 is 29.7 Å². The quantitative estimate of drug-likeness (QED) is 0.774. The van der Waals surface area contributed by atoms with E-state index in [1.165, 1.54) is 4.68 Å². The van der Waals surface area contributed by atoms with Crippen molar-refractivity contribution in [3.05, 3.63) is 22.6 Å². The lowest BCUT2D eigenvalue weighted by molar-refractivity contribution is 0.708. The number of aryl methyl sites for hydroxylation is 1. The molecule has 1 aromatic heterocycles. The lowest BCUT2D eigenvalue weighted by Gasteiger charge is -2.03. The number of aromatic nitrogens is 2. The Hall–Kier alpha value is -0.740. The molecule has 13 heavy (non-hydrogen) atoms. The first-order chi connectivity index (χ1) is 5.75. The first kappa shape index (κ1) is 12.3. The minimum Gasteiger partial charge on any atom is -0.379 e. The zero-order valence-electron chi connectivity index (χ0n) is 7.16. The van der Waals surface area contributed by atoms with Gasteiger partial charge in [0.2, 0.25) is 0 Å². The number of nitrogens with one attached hydrogen (secondary N) is 1. The third-order valence-electron chi connectivity index (χ3n) is 1.42. The summed E-state index contributed by atoms with van der Waals surface area (Å²) in [6, 6.07) is 1.63. The van der Waals surface area contributed by atoms with E-state index in [2.05, 4.69) is 10.4 Å². The van der Waals surface area contributed by atoms with Crippen molar-refractivity contribution in [1.82, 2.24) is 9.78 Å². The Morgan fingerprint density at radius 3 is 3.00 bits per heavy atom. The SMILES string of the molecule is Cl.Cn1nccc(NCCCl)c1=O. The van der Waals surface area contributed by atoms with Gasteiger partial charge in [-0.05, 0) is 6.07 Å². The molecule has 0 radical (unpaired) electrons. The maximum absolute atomic E-state index is 11.3. The molecule has 1 rings (SSSR count). The van der Waals surface area contributed by atoms with Crippen LogP contribution in [0.25, 0.3) is 0 Å². The fourth-order valence-electron chi connectivity index (χ4n) is 0.822. The Morgan fingerprint density at radius 1 is 1.69 bits per heavy atom. The van der Waals surface area contributed by atoms with Crippen LogP contribution in [0.3, 0.4) is 0 Å². The van der Waals surface area contributed by atoms with Crippen LogP contribution in [0.4, 0.5) is 5.69 Å². The molecular weight excluding hydrogens is 213 g/mol. The molecule has 0 aliphatic rings.